The summed E-state index contributed by atoms with van der Waals surface area (Å²) in [5, 5.41) is 3.18. The van der Waals surface area contributed by atoms with Crippen molar-refractivity contribution >= 4 is 22.6 Å². The third-order valence-corrected chi connectivity index (χ3v) is 5.37. The number of likely N-dealkylation sites (N-methyl/N-ethyl adjacent to an activating group) is 1. The molecule has 9 heteroatoms. The van der Waals surface area contributed by atoms with Crippen LogP contribution in [0.25, 0.3) is 0 Å². The lowest BCUT2D eigenvalue weighted by atomic mass is 10.3. The Morgan fingerprint density at radius 1 is 1.20 bits per heavy atom. The molecule has 1 atom stereocenters. The first kappa shape index (κ1) is 20.0. The van der Waals surface area contributed by atoms with Gasteiger partial charge in [-0.3, -0.25) is 0 Å². The minimum absolute atomic E-state index is 0. The van der Waals surface area contributed by atoms with Crippen molar-refractivity contribution in [3.05, 3.63) is 0 Å². The second kappa shape index (κ2) is 9.88. The molecule has 7 nitrogen and oxygen atoms in total. The minimum atomic E-state index is -3.46. The van der Waals surface area contributed by atoms with Gasteiger partial charge in [-0.2, -0.15) is 17.0 Å². The Bertz CT molecular complexity index is 342. The van der Waals surface area contributed by atoms with E-state index < -0.39 is 10.2 Å². The monoisotopic (exact) mass is 331 g/mol. The maximum atomic E-state index is 12.5. The fourth-order valence-corrected chi connectivity index (χ4v) is 3.58. The van der Waals surface area contributed by atoms with Crippen LogP contribution < -0.4 is 5.32 Å². The summed E-state index contributed by atoms with van der Waals surface area (Å²) in [6, 6.07) is 0.0255. The van der Waals surface area contributed by atoms with Crippen LogP contribution in [0, 0.1) is 0 Å². The maximum absolute atomic E-state index is 12.5. The SMILES string of the molecule is COCCN(CCOC)S(=O)(=O)N(C)C1CCNC1.Cl. The molecule has 0 saturated carbocycles. The van der Waals surface area contributed by atoms with E-state index in [-0.39, 0.29) is 18.4 Å². The molecule has 1 rings (SSSR count). The zero-order chi connectivity index (χ0) is 14.3. The summed E-state index contributed by atoms with van der Waals surface area (Å²) in [6.07, 6.45) is 0.845. The second-order valence-corrected chi connectivity index (χ2v) is 6.54. The van der Waals surface area contributed by atoms with Gasteiger partial charge < -0.3 is 14.8 Å². The zero-order valence-electron chi connectivity index (χ0n) is 12.4. The number of ether oxygens (including phenoxy) is 2. The predicted molar refractivity (Wildman–Crippen MR) is 80.5 cm³/mol. The first-order valence-electron chi connectivity index (χ1n) is 6.45. The van der Waals surface area contributed by atoms with E-state index in [1.54, 1.807) is 21.3 Å². The van der Waals surface area contributed by atoms with E-state index in [1.807, 2.05) is 0 Å². The van der Waals surface area contributed by atoms with Crippen molar-refractivity contribution in [3.8, 4) is 0 Å². The molecule has 0 spiro atoms. The lowest BCUT2D eigenvalue weighted by Gasteiger charge is -2.30. The summed E-state index contributed by atoms with van der Waals surface area (Å²) >= 11 is 0. The highest BCUT2D eigenvalue weighted by Gasteiger charge is 2.33. The molecule has 0 aromatic heterocycles. The Morgan fingerprint density at radius 3 is 2.15 bits per heavy atom. The van der Waals surface area contributed by atoms with Gasteiger partial charge in [0.05, 0.1) is 13.2 Å². The van der Waals surface area contributed by atoms with Gasteiger partial charge >= 0.3 is 0 Å². The van der Waals surface area contributed by atoms with E-state index in [9.17, 15) is 8.42 Å². The average Bonchev–Trinajstić information content (AvgIpc) is 2.91. The molecule has 0 radical (unpaired) electrons. The van der Waals surface area contributed by atoms with Crippen LogP contribution in [-0.4, -0.2) is 83.7 Å². The molecule has 1 heterocycles. The molecule has 1 unspecified atom stereocenters. The van der Waals surface area contributed by atoms with Crippen LogP contribution in [0.15, 0.2) is 0 Å². The molecule has 0 aromatic rings. The van der Waals surface area contributed by atoms with Crippen LogP contribution in [0.2, 0.25) is 0 Å². The van der Waals surface area contributed by atoms with E-state index in [4.69, 9.17) is 9.47 Å². The van der Waals surface area contributed by atoms with Crippen LogP contribution in [0.1, 0.15) is 6.42 Å². The molecule has 1 N–H and O–H groups in total. The van der Waals surface area contributed by atoms with Crippen molar-refractivity contribution in [3.63, 3.8) is 0 Å². The molecule has 1 aliphatic rings. The predicted octanol–water partition coefficient (Wildman–Crippen LogP) is -0.458. The van der Waals surface area contributed by atoms with Crippen LogP contribution in [0.4, 0.5) is 0 Å². The van der Waals surface area contributed by atoms with Crippen LogP contribution in [0.5, 0.6) is 0 Å². The molecular formula is C11H26ClN3O4S. The molecule has 1 aliphatic heterocycles. The van der Waals surface area contributed by atoms with E-state index in [1.165, 1.54) is 8.61 Å². The van der Waals surface area contributed by atoms with E-state index in [2.05, 4.69) is 5.32 Å². The molecule has 20 heavy (non-hydrogen) atoms. The van der Waals surface area contributed by atoms with Gasteiger partial charge in [-0.15, -0.1) is 12.4 Å². The number of methoxy groups -OCH3 is 2. The molecule has 122 valence electrons. The molecule has 1 saturated heterocycles. The van der Waals surface area contributed by atoms with Crippen LogP contribution >= 0.6 is 12.4 Å². The van der Waals surface area contributed by atoms with Gasteiger partial charge in [-0.25, -0.2) is 0 Å². The Kier molecular flexibility index (Phi) is 9.90. The molecule has 0 aliphatic carbocycles. The number of nitrogens with one attached hydrogen (secondary N) is 1. The average molecular weight is 332 g/mol. The Labute approximate surface area is 128 Å². The summed E-state index contributed by atoms with van der Waals surface area (Å²) in [7, 11) is 1.30. The lowest BCUT2D eigenvalue weighted by molar-refractivity contribution is 0.146. The van der Waals surface area contributed by atoms with Gasteiger partial charge in [0.25, 0.3) is 10.2 Å². The van der Waals surface area contributed by atoms with Gasteiger partial charge in [-0.05, 0) is 13.0 Å². The standard InChI is InChI=1S/C11H25N3O4S.ClH/c1-13(11-4-5-12-10-11)19(15,16)14(6-8-17-2)7-9-18-3;/h11-12H,4-10H2,1-3H3;1H. The van der Waals surface area contributed by atoms with Gasteiger partial charge in [0.15, 0.2) is 0 Å². The van der Waals surface area contributed by atoms with Gasteiger partial charge in [0.1, 0.15) is 0 Å². The zero-order valence-corrected chi connectivity index (χ0v) is 14.0. The maximum Gasteiger partial charge on any atom is 0.282 e. The van der Waals surface area contributed by atoms with Crippen LogP contribution in [0.3, 0.4) is 0 Å². The fraction of sp³-hybridized carbons (Fsp3) is 1.00. The molecule has 0 amide bonds. The highest BCUT2D eigenvalue weighted by molar-refractivity contribution is 7.86. The van der Waals surface area contributed by atoms with E-state index in [0.29, 0.717) is 32.8 Å². The lowest BCUT2D eigenvalue weighted by Crippen LogP contribution is -2.49. The third kappa shape index (κ3) is 5.44. The normalized spacial score (nSPS) is 19.6. The highest BCUT2D eigenvalue weighted by Crippen LogP contribution is 2.14. The number of hydrogen-bond donors (Lipinski definition) is 1. The molecule has 0 bridgehead atoms. The molecule has 1 fully saturated rings. The Balaban J connectivity index is 0.00000361. The van der Waals surface area contributed by atoms with Crippen molar-refractivity contribution in [2.75, 3.05) is 60.7 Å². The summed E-state index contributed by atoms with van der Waals surface area (Å²) < 4.78 is 37.9. The van der Waals surface area contributed by atoms with Crippen molar-refractivity contribution in [2.45, 2.75) is 12.5 Å². The smallest absolute Gasteiger partial charge is 0.282 e. The fourth-order valence-electron chi connectivity index (χ4n) is 2.05. The summed E-state index contributed by atoms with van der Waals surface area (Å²) in [4.78, 5) is 0. The summed E-state index contributed by atoms with van der Waals surface area (Å²) in [5.74, 6) is 0. The second-order valence-electron chi connectivity index (χ2n) is 4.56. The molecular weight excluding hydrogens is 306 g/mol. The van der Waals surface area contributed by atoms with Crippen molar-refractivity contribution in [1.29, 1.82) is 0 Å². The van der Waals surface area contributed by atoms with Crippen LogP contribution in [-0.2, 0) is 19.7 Å². The first-order valence-corrected chi connectivity index (χ1v) is 7.85. The minimum Gasteiger partial charge on any atom is -0.383 e. The highest BCUT2D eigenvalue weighted by atomic mass is 35.5. The molecule has 0 aromatic carbocycles. The third-order valence-electron chi connectivity index (χ3n) is 3.33. The number of nitrogens with zero attached hydrogens (tertiary/aromatic N) is 2. The Morgan fingerprint density at radius 2 is 1.75 bits per heavy atom. The van der Waals surface area contributed by atoms with E-state index in [0.717, 1.165) is 13.0 Å². The van der Waals surface area contributed by atoms with Gasteiger partial charge in [0.2, 0.25) is 0 Å². The Hall–Kier alpha value is 0.0400. The van der Waals surface area contributed by atoms with Crippen molar-refractivity contribution in [2.24, 2.45) is 0 Å². The van der Waals surface area contributed by atoms with Gasteiger partial charge in [-0.1, -0.05) is 0 Å². The van der Waals surface area contributed by atoms with Crippen molar-refractivity contribution in [1.82, 2.24) is 13.9 Å². The summed E-state index contributed by atoms with van der Waals surface area (Å²) in [6.45, 7) is 3.00. The number of rotatable bonds is 9. The van der Waals surface area contributed by atoms with E-state index >= 15 is 0 Å². The largest absolute Gasteiger partial charge is 0.383 e. The number of halogens is 1. The first-order chi connectivity index (χ1) is 9.04. The topological polar surface area (TPSA) is 71.1 Å². The van der Waals surface area contributed by atoms with Crippen molar-refractivity contribution < 1.29 is 17.9 Å². The quantitative estimate of drug-likeness (QED) is 0.619. The van der Waals surface area contributed by atoms with Gasteiger partial charge in [0, 0.05) is 46.9 Å². The summed E-state index contributed by atoms with van der Waals surface area (Å²) in [5.41, 5.74) is 0. The number of hydrogen-bond acceptors (Lipinski definition) is 5.